The molecular formula is C8H7F2NO3. The van der Waals surface area contributed by atoms with Gasteiger partial charge in [0.1, 0.15) is 11.4 Å². The molecule has 1 aromatic heterocycles. The van der Waals surface area contributed by atoms with Crippen LogP contribution in [0.4, 0.5) is 8.78 Å². The number of halogens is 2. The van der Waals surface area contributed by atoms with Crippen LogP contribution in [0.2, 0.25) is 0 Å². The van der Waals surface area contributed by atoms with Gasteiger partial charge in [-0.2, -0.15) is 8.78 Å². The predicted octanol–water partition coefficient (Wildman–Crippen LogP) is 1.69. The summed E-state index contributed by atoms with van der Waals surface area (Å²) in [7, 11) is 0. The number of hydrogen-bond donors (Lipinski definition) is 1. The van der Waals surface area contributed by atoms with Gasteiger partial charge >= 0.3 is 12.6 Å². The maximum atomic E-state index is 11.8. The molecule has 0 fully saturated rings. The Hall–Kier alpha value is -1.72. The molecule has 0 saturated heterocycles. The lowest BCUT2D eigenvalue weighted by Gasteiger charge is -2.06. The predicted molar refractivity (Wildman–Crippen MR) is 42.6 cm³/mol. The summed E-state index contributed by atoms with van der Waals surface area (Å²) in [6.45, 7) is -1.47. The number of carboxylic acid groups (broad SMARTS) is 1. The Bertz CT molecular complexity index is 354. The fourth-order valence-corrected chi connectivity index (χ4v) is 0.880. The summed E-state index contributed by atoms with van der Waals surface area (Å²) in [6, 6.07) is 1.17. The summed E-state index contributed by atoms with van der Waals surface area (Å²) >= 11 is 0. The van der Waals surface area contributed by atoms with Gasteiger partial charge in [0.15, 0.2) is 0 Å². The van der Waals surface area contributed by atoms with Crippen molar-refractivity contribution in [2.45, 2.75) is 13.5 Å². The Balaban J connectivity index is 2.95. The van der Waals surface area contributed by atoms with Gasteiger partial charge in [0.05, 0.1) is 6.20 Å². The van der Waals surface area contributed by atoms with Crippen molar-refractivity contribution in [3.8, 4) is 5.75 Å². The zero-order valence-corrected chi connectivity index (χ0v) is 7.20. The van der Waals surface area contributed by atoms with Crippen molar-refractivity contribution in [2.75, 3.05) is 0 Å². The standard InChI is InChI=1S/C8H7F2NO3/c1-4-2-5(7(12)13)11-3-6(4)14-8(9)10/h2-3,8H,1H3,(H,12,13). The van der Waals surface area contributed by atoms with Gasteiger partial charge in [-0.3, -0.25) is 0 Å². The molecule has 0 aliphatic carbocycles. The molecule has 14 heavy (non-hydrogen) atoms. The molecule has 0 atom stereocenters. The molecule has 0 amide bonds. The number of pyridine rings is 1. The van der Waals surface area contributed by atoms with E-state index in [1.165, 1.54) is 13.0 Å². The molecule has 1 aromatic rings. The number of aryl methyl sites for hydroxylation is 1. The second-order valence-corrected chi connectivity index (χ2v) is 2.52. The maximum Gasteiger partial charge on any atom is 0.387 e. The third-order valence-electron chi connectivity index (χ3n) is 1.50. The summed E-state index contributed by atoms with van der Waals surface area (Å²) in [6.07, 6.45) is 0.963. The summed E-state index contributed by atoms with van der Waals surface area (Å²) in [5.41, 5.74) is 0.0989. The van der Waals surface area contributed by atoms with Gasteiger partial charge in [0, 0.05) is 0 Å². The normalized spacial score (nSPS) is 10.3. The molecule has 4 nitrogen and oxygen atoms in total. The lowest BCUT2D eigenvalue weighted by Crippen LogP contribution is -2.06. The van der Waals surface area contributed by atoms with Crippen molar-refractivity contribution in [3.63, 3.8) is 0 Å². The zero-order valence-electron chi connectivity index (χ0n) is 7.20. The van der Waals surface area contributed by atoms with Crippen LogP contribution < -0.4 is 4.74 Å². The quantitative estimate of drug-likeness (QED) is 0.811. The molecule has 0 radical (unpaired) electrons. The largest absolute Gasteiger partial charge is 0.477 e. The highest BCUT2D eigenvalue weighted by Gasteiger charge is 2.11. The van der Waals surface area contributed by atoms with Crippen LogP contribution in [0, 0.1) is 6.92 Å². The molecule has 6 heteroatoms. The Morgan fingerprint density at radius 2 is 2.29 bits per heavy atom. The molecule has 0 unspecified atom stereocenters. The Kier molecular flexibility index (Phi) is 2.95. The van der Waals surface area contributed by atoms with E-state index >= 15 is 0 Å². The second-order valence-electron chi connectivity index (χ2n) is 2.52. The molecule has 0 saturated carbocycles. The minimum absolute atomic E-state index is 0.120. The van der Waals surface area contributed by atoms with Gasteiger partial charge in [-0.25, -0.2) is 9.78 Å². The number of ether oxygens (including phenoxy) is 1. The van der Waals surface area contributed by atoms with Crippen molar-refractivity contribution in [2.24, 2.45) is 0 Å². The van der Waals surface area contributed by atoms with Crippen molar-refractivity contribution in [3.05, 3.63) is 23.5 Å². The fraction of sp³-hybridized carbons (Fsp3) is 0.250. The lowest BCUT2D eigenvalue weighted by atomic mass is 10.2. The van der Waals surface area contributed by atoms with E-state index in [4.69, 9.17) is 5.11 Å². The van der Waals surface area contributed by atoms with Crippen molar-refractivity contribution in [1.29, 1.82) is 0 Å². The number of carbonyl (C=O) groups is 1. The molecule has 76 valence electrons. The SMILES string of the molecule is Cc1cc(C(=O)O)ncc1OC(F)F. The van der Waals surface area contributed by atoms with Crippen LogP contribution in [0.5, 0.6) is 5.75 Å². The zero-order chi connectivity index (χ0) is 10.7. The number of alkyl halides is 2. The summed E-state index contributed by atoms with van der Waals surface area (Å²) in [5.74, 6) is -1.33. The second kappa shape index (κ2) is 3.99. The maximum absolute atomic E-state index is 11.8. The summed E-state index contributed by atoms with van der Waals surface area (Å²) in [5, 5.41) is 8.53. The summed E-state index contributed by atoms with van der Waals surface area (Å²) in [4.78, 5) is 13.9. The highest BCUT2D eigenvalue weighted by Crippen LogP contribution is 2.18. The average molecular weight is 203 g/mol. The van der Waals surface area contributed by atoms with E-state index in [-0.39, 0.29) is 11.4 Å². The van der Waals surface area contributed by atoms with E-state index in [1.54, 1.807) is 0 Å². The molecule has 1 rings (SSSR count). The van der Waals surface area contributed by atoms with Crippen LogP contribution in [0.15, 0.2) is 12.3 Å². The number of aromatic nitrogens is 1. The van der Waals surface area contributed by atoms with Crippen LogP contribution in [0.1, 0.15) is 16.1 Å². The Morgan fingerprint density at radius 1 is 1.64 bits per heavy atom. The first-order valence-electron chi connectivity index (χ1n) is 3.65. The number of carboxylic acids is 1. The van der Waals surface area contributed by atoms with Gasteiger partial charge < -0.3 is 9.84 Å². The summed E-state index contributed by atoms with van der Waals surface area (Å²) < 4.78 is 27.7. The molecule has 0 aliphatic rings. The number of aromatic carboxylic acids is 1. The first kappa shape index (κ1) is 10.4. The molecule has 0 aliphatic heterocycles. The molecule has 0 aromatic carbocycles. The number of nitrogens with zero attached hydrogens (tertiary/aromatic N) is 1. The highest BCUT2D eigenvalue weighted by molar-refractivity contribution is 5.85. The fourth-order valence-electron chi connectivity index (χ4n) is 0.880. The van der Waals surface area contributed by atoms with Crippen LogP contribution in [-0.2, 0) is 0 Å². The number of hydrogen-bond acceptors (Lipinski definition) is 3. The van der Waals surface area contributed by atoms with Gasteiger partial charge in [-0.15, -0.1) is 0 Å². The van der Waals surface area contributed by atoms with Crippen LogP contribution in [-0.4, -0.2) is 22.7 Å². The van der Waals surface area contributed by atoms with Crippen LogP contribution in [0.25, 0.3) is 0 Å². The van der Waals surface area contributed by atoms with E-state index in [9.17, 15) is 13.6 Å². The van der Waals surface area contributed by atoms with E-state index in [2.05, 4.69) is 9.72 Å². The van der Waals surface area contributed by atoms with Gasteiger partial charge in [0.25, 0.3) is 0 Å². The number of rotatable bonds is 3. The average Bonchev–Trinajstić information content (AvgIpc) is 2.07. The van der Waals surface area contributed by atoms with E-state index < -0.39 is 12.6 Å². The molecule has 1 N–H and O–H groups in total. The van der Waals surface area contributed by atoms with E-state index in [0.717, 1.165) is 6.20 Å². The first-order valence-corrected chi connectivity index (χ1v) is 3.65. The van der Waals surface area contributed by atoms with Crippen molar-refractivity contribution < 1.29 is 23.4 Å². The minimum Gasteiger partial charge on any atom is -0.477 e. The van der Waals surface area contributed by atoms with Gasteiger partial charge in [-0.05, 0) is 18.6 Å². The molecule has 0 bridgehead atoms. The van der Waals surface area contributed by atoms with Crippen LogP contribution in [0.3, 0.4) is 0 Å². The third kappa shape index (κ3) is 2.38. The Morgan fingerprint density at radius 3 is 2.71 bits per heavy atom. The minimum atomic E-state index is -2.94. The van der Waals surface area contributed by atoms with Gasteiger partial charge in [-0.1, -0.05) is 0 Å². The highest BCUT2D eigenvalue weighted by atomic mass is 19.3. The smallest absolute Gasteiger partial charge is 0.387 e. The van der Waals surface area contributed by atoms with Crippen molar-refractivity contribution in [1.82, 2.24) is 4.98 Å². The molecular weight excluding hydrogens is 196 g/mol. The first-order chi connectivity index (χ1) is 6.50. The monoisotopic (exact) mass is 203 g/mol. The topological polar surface area (TPSA) is 59.4 Å². The molecule has 0 spiro atoms. The van der Waals surface area contributed by atoms with E-state index in [0.29, 0.717) is 5.56 Å². The van der Waals surface area contributed by atoms with Gasteiger partial charge in [0.2, 0.25) is 0 Å². The van der Waals surface area contributed by atoms with Crippen molar-refractivity contribution >= 4 is 5.97 Å². The Labute approximate surface area is 78.1 Å². The lowest BCUT2D eigenvalue weighted by molar-refractivity contribution is -0.0505. The van der Waals surface area contributed by atoms with E-state index in [1.807, 2.05) is 0 Å². The van der Waals surface area contributed by atoms with Crippen LogP contribution >= 0.6 is 0 Å². The molecule has 1 heterocycles. The third-order valence-corrected chi connectivity index (χ3v) is 1.50.